The molecule has 166 valence electrons. The normalized spacial score (nSPS) is 19.9. The topological polar surface area (TPSA) is 104 Å². The minimum Gasteiger partial charge on any atom is -0.445 e. The molecule has 0 saturated carbocycles. The van der Waals surface area contributed by atoms with Crippen molar-refractivity contribution in [2.45, 2.75) is 64.1 Å². The van der Waals surface area contributed by atoms with E-state index in [-0.39, 0.29) is 29.5 Å². The Labute approximate surface area is 178 Å². The van der Waals surface area contributed by atoms with Crippen LogP contribution in [0.1, 0.15) is 32.8 Å². The Morgan fingerprint density at radius 2 is 1.97 bits per heavy atom. The fraction of sp³-hybridized carbons (Fsp3) is 0.600. The number of carbonyl (C=O) groups excluding carboxylic acids is 1. The highest BCUT2D eigenvalue weighted by Gasteiger charge is 2.43. The molecule has 1 amide bonds. The molecule has 1 aliphatic heterocycles. The van der Waals surface area contributed by atoms with Gasteiger partial charge in [0, 0.05) is 18.7 Å². The van der Waals surface area contributed by atoms with Crippen molar-refractivity contribution in [3.8, 4) is 0 Å². The van der Waals surface area contributed by atoms with E-state index >= 15 is 0 Å². The van der Waals surface area contributed by atoms with Crippen LogP contribution in [0.3, 0.4) is 0 Å². The molecule has 0 radical (unpaired) electrons. The standard InChI is InChI=1S/C20H31N3O6Si/c1-20(2,3)30(5,6)29-18-11-17(12-21-27-4)22(13-18)19(24)28-14-15-7-9-16(10-8-15)23(25)26/h7-10,12,17-18H,11,13-14H2,1-6H3/t17-,18+/m0/s1. The van der Waals surface area contributed by atoms with Gasteiger partial charge in [-0.25, -0.2) is 4.79 Å². The number of likely N-dealkylation sites (tertiary alicyclic amines) is 1. The zero-order valence-corrected chi connectivity index (χ0v) is 19.5. The van der Waals surface area contributed by atoms with E-state index in [1.54, 1.807) is 23.2 Å². The Morgan fingerprint density at radius 3 is 2.50 bits per heavy atom. The smallest absolute Gasteiger partial charge is 0.410 e. The number of nitrogens with zero attached hydrogens (tertiary/aromatic N) is 3. The summed E-state index contributed by atoms with van der Waals surface area (Å²) in [6, 6.07) is 5.63. The van der Waals surface area contributed by atoms with Gasteiger partial charge in [0.05, 0.1) is 23.3 Å². The Balaban J connectivity index is 2.03. The number of benzene rings is 1. The summed E-state index contributed by atoms with van der Waals surface area (Å²) in [5.41, 5.74) is 0.662. The summed E-state index contributed by atoms with van der Waals surface area (Å²) in [4.78, 5) is 29.4. The Hall–Kier alpha value is -2.46. The average Bonchev–Trinajstić information content (AvgIpc) is 3.05. The Morgan fingerprint density at radius 1 is 1.33 bits per heavy atom. The molecule has 0 unspecified atom stereocenters. The van der Waals surface area contributed by atoms with Crippen LogP contribution in [-0.4, -0.2) is 56.2 Å². The highest BCUT2D eigenvalue weighted by atomic mass is 28.4. The van der Waals surface area contributed by atoms with E-state index in [1.807, 2.05) is 0 Å². The third-order valence-corrected chi connectivity index (χ3v) is 10.2. The van der Waals surface area contributed by atoms with Crippen LogP contribution >= 0.6 is 0 Å². The summed E-state index contributed by atoms with van der Waals surface area (Å²) in [5, 5.41) is 14.6. The number of nitro groups is 1. The number of amides is 1. The first-order valence-corrected chi connectivity index (χ1v) is 12.8. The molecule has 0 N–H and O–H groups in total. The first-order chi connectivity index (χ1) is 13.9. The summed E-state index contributed by atoms with van der Waals surface area (Å²) in [5.74, 6) is 0. The van der Waals surface area contributed by atoms with E-state index in [0.717, 1.165) is 0 Å². The second kappa shape index (κ2) is 9.56. The highest BCUT2D eigenvalue weighted by Crippen LogP contribution is 2.38. The molecular formula is C20H31N3O6Si. The molecular weight excluding hydrogens is 406 g/mol. The van der Waals surface area contributed by atoms with Crippen molar-refractivity contribution in [1.82, 2.24) is 4.90 Å². The minimum atomic E-state index is -1.99. The van der Waals surface area contributed by atoms with Gasteiger partial charge in [-0.1, -0.05) is 25.9 Å². The van der Waals surface area contributed by atoms with Crippen molar-refractivity contribution in [2.75, 3.05) is 13.7 Å². The zero-order valence-electron chi connectivity index (χ0n) is 18.5. The van der Waals surface area contributed by atoms with Crippen LogP contribution in [0.2, 0.25) is 18.1 Å². The first kappa shape index (κ1) is 23.8. The van der Waals surface area contributed by atoms with Gasteiger partial charge in [0.25, 0.3) is 5.69 Å². The highest BCUT2D eigenvalue weighted by molar-refractivity contribution is 6.74. The van der Waals surface area contributed by atoms with Gasteiger partial charge in [-0.3, -0.25) is 15.0 Å². The number of nitro benzene ring substituents is 1. The van der Waals surface area contributed by atoms with E-state index in [1.165, 1.54) is 19.2 Å². The molecule has 9 nitrogen and oxygen atoms in total. The third-order valence-electron chi connectivity index (χ3n) is 5.65. The van der Waals surface area contributed by atoms with Gasteiger partial charge in [-0.15, -0.1) is 0 Å². The number of carbonyl (C=O) groups is 1. The summed E-state index contributed by atoms with van der Waals surface area (Å²) < 4.78 is 11.9. The molecule has 2 atom stereocenters. The van der Waals surface area contributed by atoms with E-state index in [0.29, 0.717) is 18.5 Å². The lowest BCUT2D eigenvalue weighted by Gasteiger charge is -2.38. The third kappa shape index (κ3) is 6.02. The SMILES string of the molecule is CON=C[C@@H]1C[C@@H](O[Si](C)(C)C(C)(C)C)CN1C(=O)OCc1ccc([N+](=O)[O-])cc1. The molecule has 10 heteroatoms. The number of hydrogen-bond donors (Lipinski definition) is 0. The van der Waals surface area contributed by atoms with E-state index in [2.05, 4.69) is 39.0 Å². The van der Waals surface area contributed by atoms with Crippen molar-refractivity contribution < 1.29 is 23.7 Å². The quantitative estimate of drug-likeness (QED) is 0.272. The molecule has 1 aromatic rings. The van der Waals surface area contributed by atoms with Crippen LogP contribution in [0.5, 0.6) is 0 Å². The van der Waals surface area contributed by atoms with Gasteiger partial charge in [0.2, 0.25) is 0 Å². The number of rotatable bonds is 7. The van der Waals surface area contributed by atoms with Crippen molar-refractivity contribution in [3.63, 3.8) is 0 Å². The zero-order chi connectivity index (χ0) is 22.5. The fourth-order valence-electron chi connectivity index (χ4n) is 2.93. The molecule has 0 aliphatic carbocycles. The maximum atomic E-state index is 12.7. The molecule has 1 aromatic carbocycles. The summed E-state index contributed by atoms with van der Waals surface area (Å²) >= 11 is 0. The predicted molar refractivity (Wildman–Crippen MR) is 116 cm³/mol. The van der Waals surface area contributed by atoms with Crippen LogP contribution in [0, 0.1) is 10.1 Å². The maximum absolute atomic E-state index is 12.7. The summed E-state index contributed by atoms with van der Waals surface area (Å²) in [6.45, 7) is 11.3. The monoisotopic (exact) mass is 437 g/mol. The van der Waals surface area contributed by atoms with Gasteiger partial charge in [0.15, 0.2) is 8.32 Å². The van der Waals surface area contributed by atoms with Gasteiger partial charge in [0.1, 0.15) is 13.7 Å². The van der Waals surface area contributed by atoms with Crippen LogP contribution in [-0.2, 0) is 20.6 Å². The van der Waals surface area contributed by atoms with Gasteiger partial charge in [-0.05, 0) is 42.2 Å². The van der Waals surface area contributed by atoms with E-state index in [4.69, 9.17) is 14.0 Å². The number of non-ortho nitro benzene ring substituents is 1. The molecule has 1 fully saturated rings. The molecule has 2 rings (SSSR count). The molecule has 1 saturated heterocycles. The van der Waals surface area contributed by atoms with Crippen molar-refractivity contribution in [2.24, 2.45) is 5.16 Å². The van der Waals surface area contributed by atoms with Crippen molar-refractivity contribution in [3.05, 3.63) is 39.9 Å². The largest absolute Gasteiger partial charge is 0.445 e. The molecule has 0 bridgehead atoms. The van der Waals surface area contributed by atoms with E-state index in [9.17, 15) is 14.9 Å². The van der Waals surface area contributed by atoms with E-state index < -0.39 is 19.3 Å². The van der Waals surface area contributed by atoms with Crippen LogP contribution in [0.15, 0.2) is 29.4 Å². The van der Waals surface area contributed by atoms with Crippen molar-refractivity contribution >= 4 is 26.3 Å². The van der Waals surface area contributed by atoms with Crippen LogP contribution in [0.25, 0.3) is 0 Å². The minimum absolute atomic E-state index is 0.00826. The van der Waals surface area contributed by atoms with Crippen LogP contribution < -0.4 is 0 Å². The Bertz CT molecular complexity index is 776. The lowest BCUT2D eigenvalue weighted by atomic mass is 10.2. The lowest BCUT2D eigenvalue weighted by Crippen LogP contribution is -2.44. The van der Waals surface area contributed by atoms with Gasteiger partial charge >= 0.3 is 6.09 Å². The predicted octanol–water partition coefficient (Wildman–Crippen LogP) is 4.33. The van der Waals surface area contributed by atoms with Crippen molar-refractivity contribution in [1.29, 1.82) is 0 Å². The first-order valence-electron chi connectivity index (χ1n) is 9.86. The van der Waals surface area contributed by atoms with Gasteiger partial charge < -0.3 is 14.0 Å². The molecule has 1 aliphatic rings. The summed E-state index contributed by atoms with van der Waals surface area (Å²) in [6.07, 6.45) is 1.61. The molecule has 30 heavy (non-hydrogen) atoms. The second-order valence-electron chi connectivity index (χ2n) is 8.87. The number of oxime groups is 1. The lowest BCUT2D eigenvalue weighted by molar-refractivity contribution is -0.384. The second-order valence-corrected chi connectivity index (χ2v) is 13.6. The van der Waals surface area contributed by atoms with Crippen LogP contribution in [0.4, 0.5) is 10.5 Å². The average molecular weight is 438 g/mol. The van der Waals surface area contributed by atoms with Gasteiger partial charge in [-0.2, -0.15) is 0 Å². The summed E-state index contributed by atoms with van der Waals surface area (Å²) in [7, 11) is -0.540. The Kier molecular flexibility index (Phi) is 7.59. The molecule has 0 spiro atoms. The number of ether oxygens (including phenoxy) is 1. The number of hydrogen-bond acceptors (Lipinski definition) is 7. The fourth-order valence-corrected chi connectivity index (χ4v) is 4.29. The molecule has 1 heterocycles. The molecule has 0 aromatic heterocycles. The maximum Gasteiger partial charge on any atom is 0.410 e.